The molecular formula is C22H18N2O2S. The molecule has 1 aliphatic rings. The van der Waals surface area contributed by atoms with E-state index < -0.39 is 5.25 Å². The van der Waals surface area contributed by atoms with Crippen LogP contribution >= 0.6 is 11.8 Å². The summed E-state index contributed by atoms with van der Waals surface area (Å²) < 4.78 is 0. The average Bonchev–Trinajstić information content (AvgIpc) is 2.69. The summed E-state index contributed by atoms with van der Waals surface area (Å²) >= 11 is 1.43. The zero-order valence-electron chi connectivity index (χ0n) is 14.5. The number of rotatable bonds is 4. The van der Waals surface area contributed by atoms with Gasteiger partial charge in [0.25, 0.3) is 0 Å². The Morgan fingerprint density at radius 2 is 1.63 bits per heavy atom. The molecule has 1 heterocycles. The fraction of sp³-hybridized carbons (Fsp3) is 0.0909. The van der Waals surface area contributed by atoms with Crippen LogP contribution in [0.3, 0.4) is 0 Å². The maximum atomic E-state index is 12.6. The Hall–Kier alpha value is -3.05. The minimum absolute atomic E-state index is 0.119. The number of hydrogen-bond acceptors (Lipinski definition) is 3. The molecule has 3 aromatic carbocycles. The molecule has 5 heteroatoms. The maximum Gasteiger partial charge on any atom is 0.238 e. The quantitative estimate of drug-likeness (QED) is 0.690. The van der Waals surface area contributed by atoms with E-state index in [1.54, 1.807) is 0 Å². The SMILES string of the molecule is O=C(CC1Sc2ccccc2NC1=O)Nc1ccccc1-c1ccccc1. The van der Waals surface area contributed by atoms with E-state index in [4.69, 9.17) is 0 Å². The molecule has 0 spiro atoms. The minimum atomic E-state index is -0.441. The van der Waals surface area contributed by atoms with E-state index in [2.05, 4.69) is 10.6 Å². The number of anilines is 2. The summed E-state index contributed by atoms with van der Waals surface area (Å²) in [4.78, 5) is 25.9. The van der Waals surface area contributed by atoms with Gasteiger partial charge in [-0.15, -0.1) is 11.8 Å². The number of carbonyl (C=O) groups excluding carboxylic acids is 2. The Kier molecular flexibility index (Phi) is 4.94. The normalized spacial score (nSPS) is 15.6. The number of para-hydroxylation sites is 2. The van der Waals surface area contributed by atoms with Crippen molar-refractivity contribution >= 4 is 35.0 Å². The van der Waals surface area contributed by atoms with Crippen LogP contribution in [-0.2, 0) is 9.59 Å². The lowest BCUT2D eigenvalue weighted by Crippen LogP contribution is -2.32. The van der Waals surface area contributed by atoms with Crippen molar-refractivity contribution in [1.29, 1.82) is 0 Å². The molecule has 0 aliphatic carbocycles. The van der Waals surface area contributed by atoms with E-state index in [0.717, 1.165) is 27.4 Å². The zero-order chi connectivity index (χ0) is 18.6. The molecule has 0 saturated heterocycles. The summed E-state index contributed by atoms with van der Waals surface area (Å²) in [5.74, 6) is -0.310. The van der Waals surface area contributed by atoms with E-state index in [-0.39, 0.29) is 18.2 Å². The number of thioether (sulfide) groups is 1. The van der Waals surface area contributed by atoms with Crippen LogP contribution in [0.2, 0.25) is 0 Å². The lowest BCUT2D eigenvalue weighted by molar-refractivity contribution is -0.120. The second-order valence-corrected chi connectivity index (χ2v) is 7.50. The summed E-state index contributed by atoms with van der Waals surface area (Å²) in [6.45, 7) is 0. The minimum Gasteiger partial charge on any atom is -0.325 e. The molecule has 4 rings (SSSR count). The Morgan fingerprint density at radius 3 is 2.48 bits per heavy atom. The van der Waals surface area contributed by atoms with Gasteiger partial charge in [0.05, 0.1) is 10.9 Å². The first-order valence-electron chi connectivity index (χ1n) is 8.71. The highest BCUT2D eigenvalue weighted by atomic mass is 32.2. The standard InChI is InChI=1S/C22H18N2O2S/c25-21(14-20-22(26)24-18-12-6-7-13-19(18)27-20)23-17-11-5-4-10-16(17)15-8-2-1-3-9-15/h1-13,20H,14H2,(H,23,25)(H,24,26). The Bertz CT molecular complexity index is 988. The molecule has 0 saturated carbocycles. The Morgan fingerprint density at radius 1 is 0.926 bits per heavy atom. The third-order valence-corrected chi connectivity index (χ3v) is 5.64. The van der Waals surface area contributed by atoms with Crippen molar-refractivity contribution in [2.45, 2.75) is 16.6 Å². The van der Waals surface area contributed by atoms with Crippen molar-refractivity contribution in [1.82, 2.24) is 0 Å². The lowest BCUT2D eigenvalue weighted by Gasteiger charge is -2.23. The van der Waals surface area contributed by atoms with E-state index in [0.29, 0.717) is 0 Å². The third-order valence-electron chi connectivity index (χ3n) is 4.36. The number of carbonyl (C=O) groups is 2. The molecule has 1 atom stereocenters. The van der Waals surface area contributed by atoms with Crippen molar-refractivity contribution < 1.29 is 9.59 Å². The van der Waals surface area contributed by atoms with Gasteiger partial charge in [0.1, 0.15) is 0 Å². The van der Waals surface area contributed by atoms with Gasteiger partial charge in [0.2, 0.25) is 11.8 Å². The van der Waals surface area contributed by atoms with Crippen molar-refractivity contribution in [3.05, 3.63) is 78.9 Å². The highest BCUT2D eigenvalue weighted by Crippen LogP contribution is 2.37. The predicted molar refractivity (Wildman–Crippen MR) is 110 cm³/mol. The van der Waals surface area contributed by atoms with Gasteiger partial charge in [0, 0.05) is 22.6 Å². The zero-order valence-corrected chi connectivity index (χ0v) is 15.3. The smallest absolute Gasteiger partial charge is 0.238 e. The summed E-state index contributed by atoms with van der Waals surface area (Å²) in [5.41, 5.74) is 3.54. The largest absolute Gasteiger partial charge is 0.325 e. The van der Waals surface area contributed by atoms with Gasteiger partial charge in [0.15, 0.2) is 0 Å². The molecule has 0 radical (unpaired) electrons. The number of amides is 2. The topological polar surface area (TPSA) is 58.2 Å². The van der Waals surface area contributed by atoms with Crippen molar-refractivity contribution in [3.63, 3.8) is 0 Å². The van der Waals surface area contributed by atoms with E-state index in [9.17, 15) is 9.59 Å². The molecule has 2 N–H and O–H groups in total. The third kappa shape index (κ3) is 3.88. The van der Waals surface area contributed by atoms with Crippen LogP contribution in [0.25, 0.3) is 11.1 Å². The van der Waals surface area contributed by atoms with Crippen LogP contribution in [0.15, 0.2) is 83.8 Å². The number of fused-ring (bicyclic) bond motifs is 1. The van der Waals surface area contributed by atoms with Crippen LogP contribution in [0, 0.1) is 0 Å². The highest BCUT2D eigenvalue weighted by molar-refractivity contribution is 8.01. The second-order valence-electron chi connectivity index (χ2n) is 6.26. The molecule has 27 heavy (non-hydrogen) atoms. The lowest BCUT2D eigenvalue weighted by atomic mass is 10.0. The van der Waals surface area contributed by atoms with Crippen molar-refractivity contribution in [2.24, 2.45) is 0 Å². The van der Waals surface area contributed by atoms with Gasteiger partial charge in [-0.05, 0) is 23.8 Å². The van der Waals surface area contributed by atoms with Crippen LogP contribution in [-0.4, -0.2) is 17.1 Å². The van der Waals surface area contributed by atoms with Crippen molar-refractivity contribution in [3.8, 4) is 11.1 Å². The highest BCUT2D eigenvalue weighted by Gasteiger charge is 2.28. The summed E-state index contributed by atoms with van der Waals surface area (Å²) in [5, 5.41) is 5.40. The van der Waals surface area contributed by atoms with Crippen LogP contribution in [0.1, 0.15) is 6.42 Å². The molecule has 4 nitrogen and oxygen atoms in total. The molecule has 1 aliphatic heterocycles. The van der Waals surface area contributed by atoms with Gasteiger partial charge < -0.3 is 10.6 Å². The number of nitrogens with one attached hydrogen (secondary N) is 2. The first kappa shape index (κ1) is 17.4. The van der Waals surface area contributed by atoms with E-state index in [1.165, 1.54) is 11.8 Å². The number of benzene rings is 3. The van der Waals surface area contributed by atoms with Crippen LogP contribution in [0.4, 0.5) is 11.4 Å². The second kappa shape index (κ2) is 7.68. The Labute approximate surface area is 162 Å². The van der Waals surface area contributed by atoms with Gasteiger partial charge in [-0.3, -0.25) is 9.59 Å². The summed E-state index contributed by atoms with van der Waals surface area (Å²) in [7, 11) is 0. The van der Waals surface area contributed by atoms with Gasteiger partial charge in [-0.25, -0.2) is 0 Å². The number of hydrogen-bond donors (Lipinski definition) is 2. The van der Waals surface area contributed by atoms with Crippen LogP contribution in [0.5, 0.6) is 0 Å². The molecule has 0 bridgehead atoms. The average molecular weight is 374 g/mol. The molecule has 0 aromatic heterocycles. The fourth-order valence-electron chi connectivity index (χ4n) is 3.06. The van der Waals surface area contributed by atoms with E-state index in [1.807, 2.05) is 78.9 Å². The van der Waals surface area contributed by atoms with E-state index >= 15 is 0 Å². The first-order chi connectivity index (χ1) is 13.2. The van der Waals surface area contributed by atoms with Gasteiger partial charge in [-0.2, -0.15) is 0 Å². The molecule has 2 amide bonds. The summed E-state index contributed by atoms with van der Waals surface area (Å²) in [6.07, 6.45) is 0.119. The summed E-state index contributed by atoms with van der Waals surface area (Å²) in [6, 6.07) is 25.2. The van der Waals surface area contributed by atoms with Gasteiger partial charge >= 0.3 is 0 Å². The van der Waals surface area contributed by atoms with Crippen molar-refractivity contribution in [2.75, 3.05) is 10.6 Å². The molecule has 1 unspecified atom stereocenters. The monoisotopic (exact) mass is 374 g/mol. The maximum absolute atomic E-state index is 12.6. The first-order valence-corrected chi connectivity index (χ1v) is 9.59. The molecule has 0 fully saturated rings. The van der Waals surface area contributed by atoms with Crippen LogP contribution < -0.4 is 10.6 Å². The molecular weight excluding hydrogens is 356 g/mol. The predicted octanol–water partition coefficient (Wildman–Crippen LogP) is 4.80. The Balaban J connectivity index is 1.49. The molecule has 3 aromatic rings. The molecule has 134 valence electrons. The fourth-order valence-corrected chi connectivity index (χ4v) is 4.17. The van der Waals surface area contributed by atoms with Gasteiger partial charge in [-0.1, -0.05) is 60.7 Å².